The SMILES string of the molecule is CN(C)C(=O)c1[nH]c(C(F)(F)F)nc1-c1ccc(Cl)cc1. The van der Waals surface area contributed by atoms with Gasteiger partial charge in [-0.15, -0.1) is 0 Å². The van der Waals surface area contributed by atoms with E-state index in [1.165, 1.54) is 43.3 Å². The van der Waals surface area contributed by atoms with Crippen LogP contribution in [-0.2, 0) is 6.18 Å². The lowest BCUT2D eigenvalue weighted by molar-refractivity contribution is -0.144. The lowest BCUT2D eigenvalue weighted by atomic mass is 10.1. The zero-order chi connectivity index (χ0) is 15.8. The Morgan fingerprint density at radius 1 is 1.24 bits per heavy atom. The first kappa shape index (κ1) is 15.4. The Morgan fingerprint density at radius 2 is 1.81 bits per heavy atom. The molecule has 0 unspecified atom stereocenters. The van der Waals surface area contributed by atoms with Gasteiger partial charge in [-0.05, 0) is 12.1 Å². The molecule has 0 spiro atoms. The highest BCUT2D eigenvalue weighted by atomic mass is 35.5. The van der Waals surface area contributed by atoms with Gasteiger partial charge in [0.05, 0.1) is 0 Å². The molecule has 2 aromatic rings. The van der Waals surface area contributed by atoms with Crippen molar-refractivity contribution in [3.63, 3.8) is 0 Å². The van der Waals surface area contributed by atoms with Crippen LogP contribution in [-0.4, -0.2) is 34.9 Å². The van der Waals surface area contributed by atoms with Crippen molar-refractivity contribution >= 4 is 17.5 Å². The molecule has 0 atom stereocenters. The molecule has 4 nitrogen and oxygen atoms in total. The molecule has 1 aromatic carbocycles. The Morgan fingerprint density at radius 3 is 2.29 bits per heavy atom. The number of nitrogens with zero attached hydrogens (tertiary/aromatic N) is 2. The van der Waals surface area contributed by atoms with E-state index in [1.54, 1.807) is 0 Å². The minimum atomic E-state index is -4.66. The summed E-state index contributed by atoms with van der Waals surface area (Å²) in [5.41, 5.74) is 0.101. The molecular formula is C13H11ClF3N3O. The number of nitrogens with one attached hydrogen (secondary N) is 1. The Balaban J connectivity index is 2.60. The van der Waals surface area contributed by atoms with Crippen LogP contribution in [0.25, 0.3) is 11.3 Å². The van der Waals surface area contributed by atoms with Crippen LogP contribution >= 0.6 is 11.6 Å². The highest BCUT2D eigenvalue weighted by Gasteiger charge is 2.37. The molecule has 0 bridgehead atoms. The maximum Gasteiger partial charge on any atom is 0.449 e. The molecule has 0 aliphatic carbocycles. The van der Waals surface area contributed by atoms with Crippen LogP contribution in [0.1, 0.15) is 16.3 Å². The molecule has 1 heterocycles. The molecule has 1 aromatic heterocycles. The van der Waals surface area contributed by atoms with Crippen molar-refractivity contribution in [2.75, 3.05) is 14.1 Å². The molecule has 0 radical (unpaired) electrons. The summed E-state index contributed by atoms with van der Waals surface area (Å²) in [5, 5.41) is 0.436. The number of halogens is 4. The Kier molecular flexibility index (Phi) is 3.95. The molecular weight excluding hydrogens is 307 g/mol. The van der Waals surface area contributed by atoms with Crippen molar-refractivity contribution in [3.8, 4) is 11.3 Å². The largest absolute Gasteiger partial charge is 0.449 e. The molecule has 21 heavy (non-hydrogen) atoms. The van der Waals surface area contributed by atoms with Gasteiger partial charge in [-0.25, -0.2) is 4.98 Å². The quantitative estimate of drug-likeness (QED) is 0.922. The van der Waals surface area contributed by atoms with Gasteiger partial charge in [0.1, 0.15) is 11.4 Å². The van der Waals surface area contributed by atoms with Crippen molar-refractivity contribution in [1.82, 2.24) is 14.9 Å². The van der Waals surface area contributed by atoms with E-state index in [0.29, 0.717) is 10.6 Å². The van der Waals surface area contributed by atoms with E-state index in [2.05, 4.69) is 9.97 Å². The number of hydrogen-bond acceptors (Lipinski definition) is 2. The van der Waals surface area contributed by atoms with Gasteiger partial charge in [-0.1, -0.05) is 23.7 Å². The predicted molar refractivity (Wildman–Crippen MR) is 72.1 cm³/mol. The summed E-state index contributed by atoms with van der Waals surface area (Å²) in [5.74, 6) is -1.80. The molecule has 2 rings (SSSR count). The number of hydrogen-bond donors (Lipinski definition) is 1. The first-order chi connectivity index (χ1) is 9.70. The Bertz CT molecular complexity index is 662. The maximum atomic E-state index is 12.8. The molecule has 0 aliphatic heterocycles. The average Bonchev–Trinajstić information content (AvgIpc) is 2.83. The van der Waals surface area contributed by atoms with Gasteiger partial charge < -0.3 is 9.88 Å². The molecule has 1 amide bonds. The number of H-pyrrole nitrogens is 1. The fraction of sp³-hybridized carbons (Fsp3) is 0.231. The summed E-state index contributed by atoms with van der Waals surface area (Å²) in [7, 11) is 2.89. The van der Waals surface area contributed by atoms with Crippen LogP contribution in [0.5, 0.6) is 0 Å². The van der Waals surface area contributed by atoms with E-state index in [9.17, 15) is 18.0 Å². The lowest BCUT2D eigenvalue weighted by Gasteiger charge is -2.10. The van der Waals surface area contributed by atoms with Crippen molar-refractivity contribution < 1.29 is 18.0 Å². The average molecular weight is 318 g/mol. The summed E-state index contributed by atoms with van der Waals surface area (Å²) in [6.07, 6.45) is -4.66. The number of benzene rings is 1. The topological polar surface area (TPSA) is 49.0 Å². The van der Waals surface area contributed by atoms with E-state index in [-0.39, 0.29) is 11.4 Å². The highest BCUT2D eigenvalue weighted by molar-refractivity contribution is 6.30. The fourth-order valence-corrected chi connectivity index (χ4v) is 1.83. The molecule has 112 valence electrons. The van der Waals surface area contributed by atoms with Gasteiger partial charge in [0.25, 0.3) is 5.91 Å². The summed E-state index contributed by atoms with van der Waals surface area (Å²) >= 11 is 5.75. The third kappa shape index (κ3) is 3.18. The first-order valence-corrected chi connectivity index (χ1v) is 6.22. The summed E-state index contributed by atoms with van der Waals surface area (Å²) in [6.45, 7) is 0. The number of amides is 1. The smallest absolute Gasteiger partial charge is 0.343 e. The van der Waals surface area contributed by atoms with Gasteiger partial charge in [0.15, 0.2) is 0 Å². The lowest BCUT2D eigenvalue weighted by Crippen LogP contribution is -2.23. The number of rotatable bonds is 2. The van der Waals surface area contributed by atoms with Crippen LogP contribution in [0, 0.1) is 0 Å². The normalized spacial score (nSPS) is 11.5. The van der Waals surface area contributed by atoms with Gasteiger partial charge in [-0.3, -0.25) is 4.79 Å². The van der Waals surface area contributed by atoms with E-state index in [1.807, 2.05) is 0 Å². The standard InChI is InChI=1S/C13H11ClF3N3O/c1-20(2)11(21)10-9(7-3-5-8(14)6-4-7)18-12(19-10)13(15,16)17/h3-6H,1-2H3,(H,18,19). The van der Waals surface area contributed by atoms with Crippen LogP contribution in [0.3, 0.4) is 0 Å². The predicted octanol–water partition coefficient (Wildman–Crippen LogP) is 3.45. The second-order valence-corrected chi connectivity index (χ2v) is 4.95. The monoisotopic (exact) mass is 317 g/mol. The van der Waals surface area contributed by atoms with Crippen molar-refractivity contribution in [1.29, 1.82) is 0 Å². The van der Waals surface area contributed by atoms with Crippen LogP contribution < -0.4 is 0 Å². The molecule has 0 fully saturated rings. The second kappa shape index (κ2) is 5.40. The van der Waals surface area contributed by atoms with E-state index in [4.69, 9.17) is 11.6 Å². The maximum absolute atomic E-state index is 12.8. The zero-order valence-electron chi connectivity index (χ0n) is 11.1. The molecule has 0 aliphatic rings. The number of imidazole rings is 1. The van der Waals surface area contributed by atoms with E-state index >= 15 is 0 Å². The Labute approximate surface area is 123 Å². The van der Waals surface area contributed by atoms with Gasteiger partial charge >= 0.3 is 6.18 Å². The molecule has 8 heteroatoms. The van der Waals surface area contributed by atoms with Crippen LogP contribution in [0.4, 0.5) is 13.2 Å². The van der Waals surface area contributed by atoms with E-state index in [0.717, 1.165) is 0 Å². The van der Waals surface area contributed by atoms with Crippen LogP contribution in [0.2, 0.25) is 5.02 Å². The number of aromatic nitrogens is 2. The number of alkyl halides is 3. The third-order valence-corrected chi connectivity index (χ3v) is 2.96. The van der Waals surface area contributed by atoms with Crippen LogP contribution in [0.15, 0.2) is 24.3 Å². The number of carbonyl (C=O) groups excluding carboxylic acids is 1. The van der Waals surface area contributed by atoms with Crippen molar-refractivity contribution in [3.05, 3.63) is 40.8 Å². The zero-order valence-corrected chi connectivity index (χ0v) is 11.9. The summed E-state index contributed by atoms with van der Waals surface area (Å²) in [4.78, 5) is 18.8. The third-order valence-electron chi connectivity index (χ3n) is 2.71. The minimum absolute atomic E-state index is 0.0577. The first-order valence-electron chi connectivity index (χ1n) is 5.85. The minimum Gasteiger partial charge on any atom is -0.343 e. The highest BCUT2D eigenvalue weighted by Crippen LogP contribution is 2.31. The Hall–Kier alpha value is -2.02. The summed E-state index contributed by atoms with van der Waals surface area (Å²) in [6, 6.07) is 6.04. The second-order valence-electron chi connectivity index (χ2n) is 4.51. The number of carbonyl (C=O) groups is 1. The fourth-order valence-electron chi connectivity index (χ4n) is 1.70. The van der Waals surface area contributed by atoms with Gasteiger partial charge in [0, 0.05) is 24.7 Å². The molecule has 0 saturated heterocycles. The van der Waals surface area contributed by atoms with E-state index < -0.39 is 17.9 Å². The van der Waals surface area contributed by atoms with Gasteiger partial charge in [-0.2, -0.15) is 13.2 Å². The van der Waals surface area contributed by atoms with Crippen molar-refractivity contribution in [2.24, 2.45) is 0 Å². The summed E-state index contributed by atoms with van der Waals surface area (Å²) < 4.78 is 38.4. The molecule has 1 N–H and O–H groups in total. The molecule has 0 saturated carbocycles. The van der Waals surface area contributed by atoms with Crippen molar-refractivity contribution in [2.45, 2.75) is 6.18 Å². The number of aromatic amines is 1. The van der Waals surface area contributed by atoms with Gasteiger partial charge in [0.2, 0.25) is 5.82 Å².